The molecule has 0 spiro atoms. The van der Waals surface area contributed by atoms with E-state index in [9.17, 15) is 9.59 Å². The van der Waals surface area contributed by atoms with Crippen molar-refractivity contribution in [1.82, 2.24) is 0 Å². The second kappa shape index (κ2) is 8.49. The molecule has 2 aromatic rings. The molecule has 0 aromatic heterocycles. The van der Waals surface area contributed by atoms with Gasteiger partial charge in [-0.1, -0.05) is 6.92 Å². The fourth-order valence-corrected chi connectivity index (χ4v) is 2.05. The van der Waals surface area contributed by atoms with Gasteiger partial charge in [-0.25, -0.2) is 0 Å². The quantitative estimate of drug-likeness (QED) is 0.791. The summed E-state index contributed by atoms with van der Waals surface area (Å²) in [6.45, 7) is 1.85. The van der Waals surface area contributed by atoms with Crippen molar-refractivity contribution >= 4 is 17.4 Å². The maximum absolute atomic E-state index is 12.1. The molecule has 0 aliphatic heterocycles. The Labute approximate surface area is 140 Å². The van der Waals surface area contributed by atoms with Crippen molar-refractivity contribution in [3.8, 4) is 11.8 Å². The fraction of sp³-hybridized carbons (Fsp3) is 0.211. The monoisotopic (exact) mass is 322 g/mol. The van der Waals surface area contributed by atoms with Gasteiger partial charge in [-0.3, -0.25) is 9.59 Å². The smallest absolute Gasteiger partial charge is 0.224 e. The van der Waals surface area contributed by atoms with Crippen LogP contribution in [0.15, 0.2) is 48.5 Å². The number of anilines is 1. The standard InChI is InChI=1S/C19H18N2O3/c1-2-3-19(23)21-16-8-6-15(7-9-16)18(22)13-24-17-10-4-14(12-20)5-11-17/h4-11H,2-3,13H2,1H3,(H,21,23). The molecule has 5 heteroatoms. The lowest BCUT2D eigenvalue weighted by molar-refractivity contribution is -0.116. The number of ketones is 1. The molecule has 1 N–H and O–H groups in total. The third-order valence-electron chi connectivity index (χ3n) is 3.32. The molecule has 0 bridgehead atoms. The van der Waals surface area contributed by atoms with Gasteiger partial charge in [-0.2, -0.15) is 5.26 Å². The minimum Gasteiger partial charge on any atom is -0.485 e. The molecular formula is C19H18N2O3. The number of nitriles is 1. The average molecular weight is 322 g/mol. The Kier molecular flexibility index (Phi) is 6.09. The fourth-order valence-electron chi connectivity index (χ4n) is 2.05. The van der Waals surface area contributed by atoms with E-state index < -0.39 is 0 Å². The van der Waals surface area contributed by atoms with Crippen molar-refractivity contribution in [1.29, 1.82) is 5.26 Å². The van der Waals surface area contributed by atoms with Gasteiger partial charge in [-0.15, -0.1) is 0 Å². The topological polar surface area (TPSA) is 79.2 Å². The lowest BCUT2D eigenvalue weighted by Gasteiger charge is -2.07. The largest absolute Gasteiger partial charge is 0.485 e. The molecule has 0 fully saturated rings. The first-order valence-electron chi connectivity index (χ1n) is 7.68. The first-order valence-corrected chi connectivity index (χ1v) is 7.68. The summed E-state index contributed by atoms with van der Waals surface area (Å²) in [5, 5.41) is 11.5. The van der Waals surface area contributed by atoms with Crippen LogP contribution in [-0.2, 0) is 4.79 Å². The molecule has 1 amide bonds. The molecule has 122 valence electrons. The van der Waals surface area contributed by atoms with Crippen LogP contribution in [0.1, 0.15) is 35.7 Å². The van der Waals surface area contributed by atoms with Crippen LogP contribution < -0.4 is 10.1 Å². The van der Waals surface area contributed by atoms with Gasteiger partial charge in [0.25, 0.3) is 0 Å². The lowest BCUT2D eigenvalue weighted by atomic mass is 10.1. The molecule has 2 aromatic carbocycles. The number of ether oxygens (including phenoxy) is 1. The maximum Gasteiger partial charge on any atom is 0.224 e. The van der Waals surface area contributed by atoms with E-state index in [2.05, 4.69) is 5.32 Å². The van der Waals surface area contributed by atoms with E-state index in [0.717, 1.165) is 6.42 Å². The Bertz CT molecular complexity index is 744. The van der Waals surface area contributed by atoms with E-state index in [0.29, 0.717) is 29.0 Å². The van der Waals surface area contributed by atoms with E-state index >= 15 is 0 Å². The van der Waals surface area contributed by atoms with Gasteiger partial charge in [0, 0.05) is 17.7 Å². The van der Waals surface area contributed by atoms with Crippen LogP contribution >= 0.6 is 0 Å². The van der Waals surface area contributed by atoms with E-state index in [1.165, 1.54) is 0 Å². The Balaban J connectivity index is 1.90. The zero-order valence-electron chi connectivity index (χ0n) is 13.4. The van der Waals surface area contributed by atoms with Gasteiger partial charge in [0.1, 0.15) is 5.75 Å². The summed E-state index contributed by atoms with van der Waals surface area (Å²) < 4.78 is 5.42. The molecule has 5 nitrogen and oxygen atoms in total. The summed E-state index contributed by atoms with van der Waals surface area (Å²) in [7, 11) is 0. The van der Waals surface area contributed by atoms with Gasteiger partial charge >= 0.3 is 0 Å². The normalized spacial score (nSPS) is 9.83. The van der Waals surface area contributed by atoms with Crippen LogP contribution in [0.3, 0.4) is 0 Å². The first kappa shape index (κ1) is 17.2. The predicted molar refractivity (Wildman–Crippen MR) is 91.0 cm³/mol. The van der Waals surface area contributed by atoms with Crippen LogP contribution in [-0.4, -0.2) is 18.3 Å². The second-order valence-electron chi connectivity index (χ2n) is 5.22. The summed E-state index contributed by atoms with van der Waals surface area (Å²) >= 11 is 0. The lowest BCUT2D eigenvalue weighted by Crippen LogP contribution is -2.13. The minimum atomic E-state index is -0.161. The molecule has 2 rings (SSSR count). The Hall–Kier alpha value is -3.13. The van der Waals surface area contributed by atoms with Gasteiger partial charge in [0.15, 0.2) is 12.4 Å². The minimum absolute atomic E-state index is 0.0410. The third-order valence-corrected chi connectivity index (χ3v) is 3.32. The SMILES string of the molecule is CCCC(=O)Nc1ccc(C(=O)COc2ccc(C#N)cc2)cc1. The molecular weight excluding hydrogens is 304 g/mol. The summed E-state index contributed by atoms with van der Waals surface area (Å²) in [5.74, 6) is 0.331. The number of nitrogens with zero attached hydrogens (tertiary/aromatic N) is 1. The molecule has 0 heterocycles. The highest BCUT2D eigenvalue weighted by Gasteiger charge is 2.08. The van der Waals surface area contributed by atoms with Crippen molar-refractivity contribution < 1.29 is 14.3 Å². The van der Waals surface area contributed by atoms with Crippen molar-refractivity contribution in [2.45, 2.75) is 19.8 Å². The number of amides is 1. The highest BCUT2D eigenvalue weighted by Crippen LogP contribution is 2.14. The number of hydrogen-bond acceptors (Lipinski definition) is 4. The van der Waals surface area contributed by atoms with Crippen molar-refractivity contribution in [3.05, 3.63) is 59.7 Å². The van der Waals surface area contributed by atoms with Gasteiger partial charge in [0.05, 0.1) is 11.6 Å². The van der Waals surface area contributed by atoms with Crippen molar-refractivity contribution in [2.75, 3.05) is 11.9 Å². The first-order chi connectivity index (χ1) is 11.6. The molecule has 0 unspecified atom stereocenters. The van der Waals surface area contributed by atoms with Crippen LogP contribution in [0.25, 0.3) is 0 Å². The number of hydrogen-bond donors (Lipinski definition) is 1. The van der Waals surface area contributed by atoms with Crippen LogP contribution in [0, 0.1) is 11.3 Å². The Morgan fingerprint density at radius 3 is 2.33 bits per heavy atom. The molecule has 0 saturated heterocycles. The van der Waals surface area contributed by atoms with E-state index in [1.54, 1.807) is 48.5 Å². The number of rotatable bonds is 7. The highest BCUT2D eigenvalue weighted by molar-refractivity contribution is 5.98. The number of benzene rings is 2. The highest BCUT2D eigenvalue weighted by atomic mass is 16.5. The number of nitrogens with one attached hydrogen (secondary N) is 1. The summed E-state index contributed by atoms with van der Waals surface area (Å²) in [6.07, 6.45) is 1.26. The number of carbonyl (C=O) groups excluding carboxylic acids is 2. The summed E-state index contributed by atoms with van der Waals surface area (Å²) in [5.41, 5.74) is 1.71. The van der Waals surface area contributed by atoms with Gasteiger partial charge in [0.2, 0.25) is 5.91 Å². The number of Topliss-reactive ketones (excluding diaryl/α,β-unsaturated/α-hetero) is 1. The molecule has 24 heavy (non-hydrogen) atoms. The third kappa shape index (κ3) is 4.96. The summed E-state index contributed by atoms with van der Waals surface area (Å²) in [6, 6.07) is 15.3. The van der Waals surface area contributed by atoms with Crippen LogP contribution in [0.4, 0.5) is 5.69 Å². The zero-order chi connectivity index (χ0) is 17.4. The zero-order valence-corrected chi connectivity index (χ0v) is 13.4. The molecule has 0 saturated carbocycles. The van der Waals surface area contributed by atoms with E-state index in [-0.39, 0.29) is 18.3 Å². The van der Waals surface area contributed by atoms with Gasteiger partial charge < -0.3 is 10.1 Å². The van der Waals surface area contributed by atoms with E-state index in [1.807, 2.05) is 13.0 Å². The maximum atomic E-state index is 12.1. The van der Waals surface area contributed by atoms with Crippen molar-refractivity contribution in [2.24, 2.45) is 0 Å². The molecule has 0 aliphatic rings. The van der Waals surface area contributed by atoms with E-state index in [4.69, 9.17) is 10.00 Å². The Morgan fingerprint density at radius 1 is 1.08 bits per heavy atom. The number of carbonyl (C=O) groups is 2. The molecule has 0 radical (unpaired) electrons. The average Bonchev–Trinajstić information content (AvgIpc) is 2.61. The van der Waals surface area contributed by atoms with Crippen LogP contribution in [0.2, 0.25) is 0 Å². The Morgan fingerprint density at radius 2 is 1.75 bits per heavy atom. The predicted octanol–water partition coefficient (Wildman–Crippen LogP) is 3.56. The molecule has 0 aliphatic carbocycles. The van der Waals surface area contributed by atoms with Crippen molar-refractivity contribution in [3.63, 3.8) is 0 Å². The summed E-state index contributed by atoms with van der Waals surface area (Å²) in [4.78, 5) is 23.6. The van der Waals surface area contributed by atoms with Gasteiger partial charge in [-0.05, 0) is 55.0 Å². The molecule has 0 atom stereocenters. The van der Waals surface area contributed by atoms with Crippen LogP contribution in [0.5, 0.6) is 5.75 Å². The second-order valence-corrected chi connectivity index (χ2v) is 5.22.